The molecule has 2 aliphatic rings. The number of amides is 1. The molecule has 7 heteroatoms. The number of hydrogen-bond donors (Lipinski definition) is 1. The predicted octanol–water partition coefficient (Wildman–Crippen LogP) is 4.98. The van der Waals surface area contributed by atoms with Crippen molar-refractivity contribution in [1.82, 2.24) is 4.57 Å². The van der Waals surface area contributed by atoms with E-state index in [1.807, 2.05) is 32.0 Å². The van der Waals surface area contributed by atoms with Crippen molar-refractivity contribution in [3.8, 4) is 17.6 Å². The fraction of sp³-hybridized carbons (Fsp3) is 0.478. The van der Waals surface area contributed by atoms with Crippen molar-refractivity contribution in [3.63, 3.8) is 0 Å². The molecule has 0 bridgehead atoms. The van der Waals surface area contributed by atoms with Gasteiger partial charge < -0.3 is 19.4 Å². The summed E-state index contributed by atoms with van der Waals surface area (Å²) >= 11 is 1.45. The van der Waals surface area contributed by atoms with E-state index in [-0.39, 0.29) is 11.7 Å². The molecule has 0 saturated heterocycles. The van der Waals surface area contributed by atoms with Gasteiger partial charge in [-0.3, -0.25) is 4.79 Å². The summed E-state index contributed by atoms with van der Waals surface area (Å²) in [4.78, 5) is 13.7. The van der Waals surface area contributed by atoms with Crippen molar-refractivity contribution >= 4 is 23.5 Å². The number of ether oxygens (including phenoxy) is 2. The highest BCUT2D eigenvalue weighted by Crippen LogP contribution is 2.38. The molecule has 1 aliphatic carbocycles. The van der Waals surface area contributed by atoms with E-state index in [1.54, 1.807) is 0 Å². The molecule has 1 aromatic heterocycles. The van der Waals surface area contributed by atoms with E-state index in [1.165, 1.54) is 24.6 Å². The smallest absolute Gasteiger partial charge is 0.235 e. The Balaban J connectivity index is 1.47. The van der Waals surface area contributed by atoms with Crippen molar-refractivity contribution in [2.45, 2.75) is 56.9 Å². The van der Waals surface area contributed by atoms with Gasteiger partial charge in [0.05, 0.1) is 24.5 Å². The van der Waals surface area contributed by atoms with Crippen LogP contribution in [0.5, 0.6) is 11.5 Å². The topological polar surface area (TPSA) is 76.3 Å². The highest BCUT2D eigenvalue weighted by atomic mass is 32.2. The Morgan fingerprint density at radius 1 is 1.20 bits per heavy atom. The first-order chi connectivity index (χ1) is 14.6. The van der Waals surface area contributed by atoms with Gasteiger partial charge in [-0.15, -0.1) is 11.8 Å². The first kappa shape index (κ1) is 20.7. The van der Waals surface area contributed by atoms with Gasteiger partial charge in [-0.05, 0) is 50.5 Å². The summed E-state index contributed by atoms with van der Waals surface area (Å²) in [6.07, 6.45) is 5.43. The van der Waals surface area contributed by atoms with Gasteiger partial charge in [0.1, 0.15) is 11.9 Å². The average Bonchev–Trinajstić information content (AvgIpc) is 3.26. The summed E-state index contributed by atoms with van der Waals surface area (Å²) in [5.41, 5.74) is 2.60. The summed E-state index contributed by atoms with van der Waals surface area (Å²) in [7, 11) is 0. The van der Waals surface area contributed by atoms with Gasteiger partial charge in [0.15, 0.2) is 11.5 Å². The van der Waals surface area contributed by atoms with E-state index in [2.05, 4.69) is 16.0 Å². The van der Waals surface area contributed by atoms with Crippen molar-refractivity contribution < 1.29 is 14.3 Å². The molecule has 4 rings (SSSR count). The molecule has 0 radical (unpaired) electrons. The lowest BCUT2D eigenvalue weighted by Crippen LogP contribution is -2.19. The minimum atomic E-state index is -0.111. The first-order valence-electron chi connectivity index (χ1n) is 10.5. The SMILES string of the molecule is Cc1c(C#N)c(NC(=O)CSc2ccc3c(c2)OCCCO3)n(C2CCCC2)c1C. The molecule has 1 amide bonds. The largest absolute Gasteiger partial charge is 0.490 e. The Hall–Kier alpha value is -2.59. The standard InChI is InChI=1S/C23H27N3O3S/c1-15-16(2)26(17-6-3-4-7-17)23(19(15)13-24)25-22(27)14-30-18-8-9-20-21(12-18)29-11-5-10-28-20/h8-9,12,17H,3-7,10-11,14H2,1-2H3,(H,25,27). The highest BCUT2D eigenvalue weighted by molar-refractivity contribution is 8.00. The van der Waals surface area contributed by atoms with Crippen LogP contribution in [0.25, 0.3) is 0 Å². The number of thioether (sulfide) groups is 1. The highest BCUT2D eigenvalue weighted by Gasteiger charge is 2.26. The van der Waals surface area contributed by atoms with E-state index >= 15 is 0 Å². The van der Waals surface area contributed by atoms with Crippen LogP contribution in [0.3, 0.4) is 0 Å². The molecule has 158 valence electrons. The molecule has 6 nitrogen and oxygen atoms in total. The zero-order chi connectivity index (χ0) is 21.1. The monoisotopic (exact) mass is 425 g/mol. The number of hydrogen-bond acceptors (Lipinski definition) is 5. The zero-order valence-electron chi connectivity index (χ0n) is 17.5. The molecule has 1 aliphatic heterocycles. The molecule has 0 atom stereocenters. The number of rotatable bonds is 5. The Labute approximate surface area is 181 Å². The quantitative estimate of drug-likeness (QED) is 0.684. The average molecular weight is 426 g/mol. The maximum Gasteiger partial charge on any atom is 0.235 e. The summed E-state index contributed by atoms with van der Waals surface area (Å²) in [5.74, 6) is 2.29. The lowest BCUT2D eigenvalue weighted by molar-refractivity contribution is -0.113. The van der Waals surface area contributed by atoms with E-state index in [0.717, 1.165) is 46.9 Å². The van der Waals surface area contributed by atoms with Crippen LogP contribution in [0.2, 0.25) is 0 Å². The van der Waals surface area contributed by atoms with E-state index in [0.29, 0.717) is 30.6 Å². The molecule has 2 heterocycles. The van der Waals surface area contributed by atoms with Crippen LogP contribution in [0.15, 0.2) is 23.1 Å². The molecule has 1 aromatic carbocycles. The second-order valence-corrected chi connectivity index (χ2v) is 8.90. The minimum absolute atomic E-state index is 0.111. The Kier molecular flexibility index (Phi) is 6.24. The third-order valence-electron chi connectivity index (χ3n) is 5.91. The van der Waals surface area contributed by atoms with Crippen LogP contribution in [0.4, 0.5) is 5.82 Å². The van der Waals surface area contributed by atoms with Crippen molar-refractivity contribution in [2.24, 2.45) is 0 Å². The number of benzene rings is 1. The Bertz CT molecular complexity index is 987. The molecule has 0 unspecified atom stereocenters. The van der Waals surface area contributed by atoms with Gasteiger partial charge in [0.2, 0.25) is 5.91 Å². The minimum Gasteiger partial charge on any atom is -0.490 e. The number of anilines is 1. The zero-order valence-corrected chi connectivity index (χ0v) is 18.3. The third kappa shape index (κ3) is 4.15. The number of nitrogens with zero attached hydrogens (tertiary/aromatic N) is 2. The van der Waals surface area contributed by atoms with E-state index < -0.39 is 0 Å². The predicted molar refractivity (Wildman–Crippen MR) is 118 cm³/mol. The number of nitrogens with one attached hydrogen (secondary N) is 1. The van der Waals surface area contributed by atoms with Crippen LogP contribution >= 0.6 is 11.8 Å². The Morgan fingerprint density at radius 2 is 1.93 bits per heavy atom. The van der Waals surface area contributed by atoms with E-state index in [9.17, 15) is 10.1 Å². The van der Waals surface area contributed by atoms with Gasteiger partial charge in [-0.25, -0.2) is 0 Å². The van der Waals surface area contributed by atoms with Crippen molar-refractivity contribution in [2.75, 3.05) is 24.3 Å². The summed E-state index contributed by atoms with van der Waals surface area (Å²) < 4.78 is 13.6. The molecular weight excluding hydrogens is 398 g/mol. The van der Waals surface area contributed by atoms with Gasteiger partial charge in [-0.2, -0.15) is 5.26 Å². The number of nitriles is 1. The maximum absolute atomic E-state index is 12.8. The van der Waals surface area contributed by atoms with Gasteiger partial charge in [0, 0.05) is 23.1 Å². The van der Waals surface area contributed by atoms with Gasteiger partial charge in [0.25, 0.3) is 0 Å². The van der Waals surface area contributed by atoms with Gasteiger partial charge >= 0.3 is 0 Å². The third-order valence-corrected chi connectivity index (χ3v) is 6.90. The van der Waals surface area contributed by atoms with Crippen LogP contribution < -0.4 is 14.8 Å². The first-order valence-corrected chi connectivity index (χ1v) is 11.5. The second kappa shape index (κ2) is 9.05. The van der Waals surface area contributed by atoms with Crippen LogP contribution in [-0.2, 0) is 4.79 Å². The number of carbonyl (C=O) groups excluding carboxylic acids is 1. The van der Waals surface area contributed by atoms with Crippen molar-refractivity contribution in [1.29, 1.82) is 5.26 Å². The fourth-order valence-electron chi connectivity index (χ4n) is 4.26. The number of fused-ring (bicyclic) bond motifs is 1. The lowest BCUT2D eigenvalue weighted by Gasteiger charge is -2.19. The number of carbonyl (C=O) groups is 1. The summed E-state index contributed by atoms with van der Waals surface area (Å²) in [5, 5.41) is 12.7. The Morgan fingerprint density at radius 3 is 2.67 bits per heavy atom. The maximum atomic E-state index is 12.8. The summed E-state index contributed by atoms with van der Waals surface area (Å²) in [6, 6.07) is 8.42. The fourth-order valence-corrected chi connectivity index (χ4v) is 4.98. The molecule has 0 spiro atoms. The van der Waals surface area contributed by atoms with Crippen LogP contribution in [0.1, 0.15) is 55.0 Å². The molecule has 30 heavy (non-hydrogen) atoms. The van der Waals surface area contributed by atoms with Crippen molar-refractivity contribution in [3.05, 3.63) is 35.0 Å². The molecule has 1 saturated carbocycles. The molecule has 1 N–H and O–H groups in total. The number of aromatic nitrogens is 1. The molecular formula is C23H27N3O3S. The molecule has 1 fully saturated rings. The van der Waals surface area contributed by atoms with Gasteiger partial charge in [-0.1, -0.05) is 12.8 Å². The summed E-state index contributed by atoms with van der Waals surface area (Å²) in [6.45, 7) is 5.29. The molecule has 2 aromatic rings. The van der Waals surface area contributed by atoms with E-state index in [4.69, 9.17) is 9.47 Å². The normalized spacial score (nSPS) is 16.2. The second-order valence-electron chi connectivity index (χ2n) is 7.85. The lowest BCUT2D eigenvalue weighted by atomic mass is 10.2. The van der Waals surface area contributed by atoms with Crippen LogP contribution in [-0.4, -0.2) is 29.4 Å². The van der Waals surface area contributed by atoms with Crippen LogP contribution in [0, 0.1) is 25.2 Å².